The van der Waals surface area contributed by atoms with Crippen molar-refractivity contribution in [1.82, 2.24) is 4.90 Å². The minimum absolute atomic E-state index is 0.0439. The summed E-state index contributed by atoms with van der Waals surface area (Å²) < 4.78 is 70.1. The Kier molecular flexibility index (Phi) is 6.33. The van der Waals surface area contributed by atoms with Crippen LogP contribution < -0.4 is 0 Å². The quantitative estimate of drug-likeness (QED) is 0.647. The summed E-state index contributed by atoms with van der Waals surface area (Å²) in [6.07, 6.45) is -4.17. The van der Waals surface area contributed by atoms with Crippen molar-refractivity contribution in [1.29, 1.82) is 0 Å². The summed E-state index contributed by atoms with van der Waals surface area (Å²) in [6.45, 7) is 3.33. The number of hydrogen-bond acceptors (Lipinski definition) is 4. The lowest BCUT2D eigenvalue weighted by atomic mass is 10.1. The second-order valence-electron chi connectivity index (χ2n) is 6.89. The number of nitrogens with zero attached hydrogens (tertiary/aromatic N) is 1. The van der Waals surface area contributed by atoms with Gasteiger partial charge in [0, 0.05) is 13.1 Å². The number of ether oxygens (including phenoxy) is 1. The van der Waals surface area contributed by atoms with E-state index >= 15 is 0 Å². The van der Waals surface area contributed by atoms with E-state index in [9.17, 15) is 26.4 Å². The molecule has 0 spiro atoms. The molecular weight excluding hydrogens is 419 g/mol. The summed E-state index contributed by atoms with van der Waals surface area (Å²) in [5, 5.41) is -1.00. The van der Waals surface area contributed by atoms with Crippen LogP contribution in [-0.2, 0) is 32.2 Å². The van der Waals surface area contributed by atoms with Crippen LogP contribution in [0.3, 0.4) is 0 Å². The van der Waals surface area contributed by atoms with E-state index in [0.29, 0.717) is 5.56 Å². The summed E-state index contributed by atoms with van der Waals surface area (Å²) >= 11 is 0. The Bertz CT molecular complexity index is 1000. The summed E-state index contributed by atoms with van der Waals surface area (Å²) in [4.78, 5) is 13.5. The average Bonchev–Trinajstić information content (AvgIpc) is 3.17. The van der Waals surface area contributed by atoms with Crippen LogP contribution in [0.2, 0.25) is 0 Å². The van der Waals surface area contributed by atoms with Crippen molar-refractivity contribution in [3.63, 3.8) is 0 Å². The molecule has 1 fully saturated rings. The summed E-state index contributed by atoms with van der Waals surface area (Å²) in [5.41, 5.74) is -0.313. The summed E-state index contributed by atoms with van der Waals surface area (Å²) in [7, 11) is -3.79. The van der Waals surface area contributed by atoms with Gasteiger partial charge in [-0.25, -0.2) is 8.42 Å². The number of sulfone groups is 1. The average molecular weight is 439 g/mol. The molecule has 1 heterocycles. The Morgan fingerprint density at radius 1 is 1.10 bits per heavy atom. The molecule has 160 valence electrons. The maximum atomic E-state index is 13.1. The number of likely N-dealkylation sites (tertiary alicyclic amines) is 1. The molecule has 1 amide bonds. The molecule has 0 unspecified atom stereocenters. The molecule has 3 rings (SSSR count). The van der Waals surface area contributed by atoms with Gasteiger partial charge in [0.25, 0.3) is 0 Å². The minimum atomic E-state index is -4.44. The molecule has 1 aliphatic rings. The molecule has 5 nitrogen and oxygen atoms in total. The van der Waals surface area contributed by atoms with Gasteiger partial charge in [-0.1, -0.05) is 36.9 Å². The molecule has 0 saturated carbocycles. The number of hydrogen-bond donors (Lipinski definition) is 0. The van der Waals surface area contributed by atoms with E-state index in [-0.39, 0.29) is 24.6 Å². The lowest BCUT2D eigenvalue weighted by molar-refractivity contribution is -0.137. The second kappa shape index (κ2) is 8.61. The number of amides is 1. The smallest absolute Gasteiger partial charge is 0.370 e. The van der Waals surface area contributed by atoms with E-state index < -0.39 is 38.8 Å². The van der Waals surface area contributed by atoms with E-state index in [4.69, 9.17) is 4.74 Å². The van der Waals surface area contributed by atoms with Gasteiger partial charge < -0.3 is 9.64 Å². The molecule has 0 bridgehead atoms. The van der Waals surface area contributed by atoms with Crippen LogP contribution in [0.1, 0.15) is 11.1 Å². The van der Waals surface area contributed by atoms with Crippen molar-refractivity contribution in [2.75, 3.05) is 13.1 Å². The molecule has 0 radical (unpaired) electrons. The third-order valence-electron chi connectivity index (χ3n) is 4.92. The fourth-order valence-corrected chi connectivity index (χ4v) is 5.12. The monoisotopic (exact) mass is 439 g/mol. The summed E-state index contributed by atoms with van der Waals surface area (Å²) in [5.74, 6) is -0.413. The van der Waals surface area contributed by atoms with Gasteiger partial charge in [-0.15, -0.1) is 0 Å². The van der Waals surface area contributed by atoms with Gasteiger partial charge in [0.15, 0.2) is 9.84 Å². The lowest BCUT2D eigenvalue weighted by Crippen LogP contribution is -2.35. The molecule has 2 aromatic carbocycles. The minimum Gasteiger partial charge on any atom is -0.370 e. The Morgan fingerprint density at radius 2 is 1.73 bits per heavy atom. The van der Waals surface area contributed by atoms with E-state index in [1.807, 2.05) is 0 Å². The predicted octanol–water partition coefficient (Wildman–Crippen LogP) is 3.46. The van der Waals surface area contributed by atoms with Crippen molar-refractivity contribution in [3.8, 4) is 0 Å². The normalized spacial score (nSPS) is 19.6. The molecule has 9 heteroatoms. The highest BCUT2D eigenvalue weighted by Gasteiger charge is 2.44. The van der Waals surface area contributed by atoms with Gasteiger partial charge in [-0.2, -0.15) is 13.2 Å². The number of carbonyl (C=O) groups excluding carboxylic acids is 1. The fourth-order valence-electron chi connectivity index (χ4n) is 3.29. The molecule has 1 saturated heterocycles. The number of halogens is 3. The first-order chi connectivity index (χ1) is 14.1. The van der Waals surface area contributed by atoms with Gasteiger partial charge in [0.2, 0.25) is 5.91 Å². The largest absolute Gasteiger partial charge is 0.416 e. The fraction of sp³-hybridized carbons (Fsp3) is 0.286. The Morgan fingerprint density at radius 3 is 2.30 bits per heavy atom. The van der Waals surface area contributed by atoms with Crippen molar-refractivity contribution < 1.29 is 31.1 Å². The lowest BCUT2D eigenvalue weighted by Gasteiger charge is -2.19. The van der Waals surface area contributed by atoms with Crippen LogP contribution in [0.4, 0.5) is 13.2 Å². The standard InChI is InChI=1S/C21H20F3NO4S/c1-2-20(26)25-12-18(19(13-25)30(27,28)17-6-4-3-5-7-17)29-14-15-8-10-16(11-9-15)21(22,23)24/h2-11,18-19H,1,12-14H2/t18-,19-/m1/s1. The second-order valence-corrected chi connectivity index (χ2v) is 9.05. The van der Waals surface area contributed by atoms with Crippen LogP contribution in [0.25, 0.3) is 0 Å². The Labute approximate surface area is 172 Å². The maximum absolute atomic E-state index is 13.1. The highest BCUT2D eigenvalue weighted by Crippen LogP contribution is 2.30. The highest BCUT2D eigenvalue weighted by molar-refractivity contribution is 7.92. The van der Waals surface area contributed by atoms with E-state index in [1.165, 1.54) is 29.2 Å². The van der Waals surface area contributed by atoms with Crippen LogP contribution in [0.15, 0.2) is 72.1 Å². The third kappa shape index (κ3) is 4.73. The number of alkyl halides is 3. The topological polar surface area (TPSA) is 63.7 Å². The van der Waals surface area contributed by atoms with Gasteiger partial charge in [-0.3, -0.25) is 4.79 Å². The SMILES string of the molecule is C=CC(=O)N1C[C@@H](S(=O)(=O)c2ccccc2)[C@H](OCc2ccc(C(F)(F)F)cc2)C1. The van der Waals surface area contributed by atoms with Gasteiger partial charge in [-0.05, 0) is 35.9 Å². The third-order valence-corrected chi connectivity index (χ3v) is 7.10. The van der Waals surface area contributed by atoms with Gasteiger partial charge >= 0.3 is 6.18 Å². The number of benzene rings is 2. The summed E-state index contributed by atoms with van der Waals surface area (Å²) in [6, 6.07) is 12.3. The van der Waals surface area contributed by atoms with Crippen molar-refractivity contribution in [3.05, 3.63) is 78.4 Å². The van der Waals surface area contributed by atoms with E-state index in [2.05, 4.69) is 6.58 Å². The molecule has 30 heavy (non-hydrogen) atoms. The van der Waals surface area contributed by atoms with Crippen LogP contribution in [0, 0.1) is 0 Å². The predicted molar refractivity (Wildman–Crippen MR) is 104 cm³/mol. The van der Waals surface area contributed by atoms with Gasteiger partial charge in [0.1, 0.15) is 5.25 Å². The molecule has 0 aromatic heterocycles. The maximum Gasteiger partial charge on any atom is 0.416 e. The van der Waals surface area contributed by atoms with Crippen molar-refractivity contribution >= 4 is 15.7 Å². The molecule has 2 aromatic rings. The molecular formula is C21H20F3NO4S. The Balaban J connectivity index is 1.79. The zero-order valence-electron chi connectivity index (χ0n) is 15.9. The van der Waals surface area contributed by atoms with Crippen LogP contribution in [0.5, 0.6) is 0 Å². The van der Waals surface area contributed by atoms with Gasteiger partial charge in [0.05, 0.1) is 23.2 Å². The molecule has 2 atom stereocenters. The van der Waals surface area contributed by atoms with E-state index in [0.717, 1.165) is 18.2 Å². The van der Waals surface area contributed by atoms with Crippen molar-refractivity contribution in [2.45, 2.75) is 29.0 Å². The van der Waals surface area contributed by atoms with Crippen LogP contribution in [-0.4, -0.2) is 43.7 Å². The number of carbonyl (C=O) groups is 1. The first-order valence-corrected chi connectivity index (χ1v) is 10.7. The zero-order chi connectivity index (χ0) is 21.9. The molecule has 1 aliphatic heterocycles. The molecule has 0 N–H and O–H groups in total. The highest BCUT2D eigenvalue weighted by atomic mass is 32.2. The first-order valence-electron chi connectivity index (χ1n) is 9.11. The molecule has 0 aliphatic carbocycles. The number of rotatable bonds is 6. The van der Waals surface area contributed by atoms with E-state index in [1.54, 1.807) is 18.2 Å². The Hall–Kier alpha value is -2.65. The zero-order valence-corrected chi connectivity index (χ0v) is 16.7. The van der Waals surface area contributed by atoms with Crippen molar-refractivity contribution in [2.24, 2.45) is 0 Å². The first kappa shape index (κ1) is 22.0. The van der Waals surface area contributed by atoms with Crippen LogP contribution >= 0.6 is 0 Å².